The number of hydrogen-bond donors (Lipinski definition) is 4. The average molecular weight is 431 g/mol. The van der Waals surface area contributed by atoms with E-state index < -0.39 is 11.8 Å². The molecule has 3 rings (SSSR count). The Labute approximate surface area is 184 Å². The van der Waals surface area contributed by atoms with E-state index in [2.05, 4.69) is 26.3 Å². The van der Waals surface area contributed by atoms with E-state index in [1.54, 1.807) is 54.6 Å². The summed E-state index contributed by atoms with van der Waals surface area (Å²) in [5.41, 5.74) is 2.11. The van der Waals surface area contributed by atoms with Crippen LogP contribution in [0.15, 0.2) is 66.7 Å². The summed E-state index contributed by atoms with van der Waals surface area (Å²) in [6.45, 7) is 2.78. The number of nitrogens with zero attached hydrogens (tertiary/aromatic N) is 1. The van der Waals surface area contributed by atoms with Crippen molar-refractivity contribution in [1.29, 1.82) is 0 Å². The molecule has 9 nitrogen and oxygen atoms in total. The quantitative estimate of drug-likeness (QED) is 0.475. The number of hydrogen-bond acceptors (Lipinski definition) is 5. The molecule has 9 heteroatoms. The van der Waals surface area contributed by atoms with Crippen LogP contribution < -0.4 is 21.3 Å². The second kappa shape index (κ2) is 9.98. The summed E-state index contributed by atoms with van der Waals surface area (Å²) in [6, 6.07) is 17.9. The molecular weight excluding hydrogens is 410 g/mol. The fourth-order valence-corrected chi connectivity index (χ4v) is 2.83. The van der Waals surface area contributed by atoms with Crippen LogP contribution in [0.4, 0.5) is 22.7 Å². The molecule has 0 saturated carbocycles. The van der Waals surface area contributed by atoms with Gasteiger partial charge in [0.05, 0.1) is 0 Å². The smallest absolute Gasteiger partial charge is 0.274 e. The number of amides is 4. The van der Waals surface area contributed by atoms with Gasteiger partial charge in [0.25, 0.3) is 11.8 Å². The normalized spacial score (nSPS) is 10.1. The number of carbonyl (C=O) groups is 4. The van der Waals surface area contributed by atoms with Crippen molar-refractivity contribution in [3.05, 3.63) is 78.1 Å². The third-order valence-electron chi connectivity index (χ3n) is 4.10. The van der Waals surface area contributed by atoms with Crippen LogP contribution in [0.3, 0.4) is 0 Å². The molecule has 0 unspecified atom stereocenters. The molecule has 4 amide bonds. The molecule has 0 radical (unpaired) electrons. The predicted octanol–water partition coefficient (Wildman–Crippen LogP) is 3.50. The fraction of sp³-hybridized carbons (Fsp3) is 0.0870. The lowest BCUT2D eigenvalue weighted by atomic mass is 10.2. The first-order valence-electron chi connectivity index (χ1n) is 9.65. The zero-order valence-electron chi connectivity index (χ0n) is 17.4. The van der Waals surface area contributed by atoms with Gasteiger partial charge in [-0.3, -0.25) is 19.2 Å². The fourth-order valence-electron chi connectivity index (χ4n) is 2.83. The predicted molar refractivity (Wildman–Crippen MR) is 122 cm³/mol. The van der Waals surface area contributed by atoms with Crippen LogP contribution in [0.25, 0.3) is 0 Å². The molecule has 3 aromatic rings. The molecule has 1 aromatic heterocycles. The van der Waals surface area contributed by atoms with Crippen LogP contribution in [-0.4, -0.2) is 28.6 Å². The maximum absolute atomic E-state index is 12.6. The maximum atomic E-state index is 12.6. The van der Waals surface area contributed by atoms with Gasteiger partial charge < -0.3 is 21.3 Å². The van der Waals surface area contributed by atoms with E-state index in [9.17, 15) is 19.2 Å². The Morgan fingerprint density at radius 3 is 1.28 bits per heavy atom. The molecule has 0 atom stereocenters. The molecule has 2 aromatic carbocycles. The monoisotopic (exact) mass is 431 g/mol. The van der Waals surface area contributed by atoms with Crippen molar-refractivity contribution >= 4 is 46.4 Å². The minimum absolute atomic E-state index is 0.0505. The standard InChI is InChI=1S/C23H21N5O4/c1-14(29)24-16-6-3-8-18(12-16)26-22(31)20-10-5-11-21(28-20)23(32)27-19-9-4-7-17(13-19)25-15(2)30/h3-13H,1-2H3,(H,24,29)(H,25,30)(H,26,31)(H,27,32). The Kier molecular flexibility index (Phi) is 6.92. The van der Waals surface area contributed by atoms with Crippen molar-refractivity contribution in [2.75, 3.05) is 21.3 Å². The van der Waals surface area contributed by atoms with Crippen molar-refractivity contribution in [3.63, 3.8) is 0 Å². The summed E-state index contributed by atoms with van der Waals surface area (Å²) >= 11 is 0. The van der Waals surface area contributed by atoms with E-state index in [4.69, 9.17) is 0 Å². The van der Waals surface area contributed by atoms with Crippen LogP contribution in [0, 0.1) is 0 Å². The summed E-state index contributed by atoms with van der Waals surface area (Å²) in [4.78, 5) is 51.7. The Morgan fingerprint density at radius 2 is 0.906 bits per heavy atom. The third kappa shape index (κ3) is 6.23. The Bertz CT molecular complexity index is 1100. The molecule has 0 aliphatic carbocycles. The number of aromatic nitrogens is 1. The highest BCUT2D eigenvalue weighted by atomic mass is 16.2. The van der Waals surface area contributed by atoms with Gasteiger partial charge >= 0.3 is 0 Å². The van der Waals surface area contributed by atoms with Gasteiger partial charge in [-0.25, -0.2) is 4.98 Å². The average Bonchev–Trinajstić information content (AvgIpc) is 2.73. The minimum atomic E-state index is -0.507. The molecule has 1 heterocycles. The van der Waals surface area contributed by atoms with E-state index in [1.807, 2.05) is 0 Å². The first-order valence-corrected chi connectivity index (χ1v) is 9.65. The van der Waals surface area contributed by atoms with Crippen LogP contribution in [0.5, 0.6) is 0 Å². The first-order chi connectivity index (χ1) is 15.3. The number of pyridine rings is 1. The number of carbonyl (C=O) groups excluding carboxylic acids is 4. The van der Waals surface area contributed by atoms with Gasteiger partial charge in [0.1, 0.15) is 11.4 Å². The highest BCUT2D eigenvalue weighted by Gasteiger charge is 2.13. The van der Waals surface area contributed by atoms with Gasteiger partial charge in [0, 0.05) is 36.6 Å². The van der Waals surface area contributed by atoms with Crippen molar-refractivity contribution in [2.24, 2.45) is 0 Å². The molecule has 0 saturated heterocycles. The second-order valence-corrected chi connectivity index (χ2v) is 6.84. The molecule has 0 spiro atoms. The number of rotatable bonds is 6. The topological polar surface area (TPSA) is 129 Å². The van der Waals surface area contributed by atoms with E-state index in [-0.39, 0.29) is 23.2 Å². The molecule has 4 N–H and O–H groups in total. The Hall–Kier alpha value is -4.53. The zero-order valence-corrected chi connectivity index (χ0v) is 17.4. The number of anilines is 4. The van der Waals surface area contributed by atoms with Crippen LogP contribution >= 0.6 is 0 Å². The lowest BCUT2D eigenvalue weighted by Gasteiger charge is -2.09. The number of nitrogens with one attached hydrogen (secondary N) is 4. The summed E-state index contributed by atoms with van der Waals surface area (Å²) in [5, 5.41) is 10.7. The Balaban J connectivity index is 1.71. The van der Waals surface area contributed by atoms with Gasteiger partial charge in [0.15, 0.2) is 0 Å². The highest BCUT2D eigenvalue weighted by molar-refractivity contribution is 6.06. The lowest BCUT2D eigenvalue weighted by Crippen LogP contribution is -2.18. The largest absolute Gasteiger partial charge is 0.326 e. The van der Waals surface area contributed by atoms with Crippen molar-refractivity contribution < 1.29 is 19.2 Å². The highest BCUT2D eigenvalue weighted by Crippen LogP contribution is 2.17. The van der Waals surface area contributed by atoms with E-state index in [0.29, 0.717) is 22.7 Å². The summed E-state index contributed by atoms with van der Waals surface area (Å²) in [6.07, 6.45) is 0. The van der Waals surface area contributed by atoms with Crippen molar-refractivity contribution in [2.45, 2.75) is 13.8 Å². The molecule has 0 fully saturated rings. The molecule has 0 bridgehead atoms. The van der Waals surface area contributed by atoms with Gasteiger partial charge in [-0.1, -0.05) is 18.2 Å². The van der Waals surface area contributed by atoms with Gasteiger partial charge in [0.2, 0.25) is 11.8 Å². The maximum Gasteiger partial charge on any atom is 0.274 e. The zero-order chi connectivity index (χ0) is 23.1. The van der Waals surface area contributed by atoms with E-state index in [1.165, 1.54) is 26.0 Å². The summed E-state index contributed by atoms with van der Waals surface area (Å²) in [7, 11) is 0. The minimum Gasteiger partial charge on any atom is -0.326 e. The Morgan fingerprint density at radius 1 is 0.562 bits per heavy atom. The summed E-state index contributed by atoms with van der Waals surface area (Å²) < 4.78 is 0. The van der Waals surface area contributed by atoms with E-state index in [0.717, 1.165) is 0 Å². The third-order valence-corrected chi connectivity index (χ3v) is 4.10. The number of benzene rings is 2. The van der Waals surface area contributed by atoms with Crippen LogP contribution in [-0.2, 0) is 9.59 Å². The van der Waals surface area contributed by atoms with Crippen LogP contribution in [0.1, 0.15) is 34.8 Å². The summed E-state index contributed by atoms with van der Waals surface area (Å²) in [5.74, 6) is -1.47. The molecular formula is C23H21N5O4. The molecule has 0 aliphatic heterocycles. The van der Waals surface area contributed by atoms with Crippen molar-refractivity contribution in [1.82, 2.24) is 4.98 Å². The SMILES string of the molecule is CC(=O)Nc1cccc(NC(=O)c2cccc(C(=O)Nc3cccc(NC(C)=O)c3)n2)c1. The molecule has 32 heavy (non-hydrogen) atoms. The van der Waals surface area contributed by atoms with Gasteiger partial charge in [-0.05, 0) is 48.5 Å². The van der Waals surface area contributed by atoms with E-state index >= 15 is 0 Å². The van der Waals surface area contributed by atoms with Gasteiger partial charge in [-0.15, -0.1) is 0 Å². The van der Waals surface area contributed by atoms with Crippen LogP contribution in [0.2, 0.25) is 0 Å². The second-order valence-electron chi connectivity index (χ2n) is 6.84. The lowest BCUT2D eigenvalue weighted by molar-refractivity contribution is -0.115. The van der Waals surface area contributed by atoms with Gasteiger partial charge in [-0.2, -0.15) is 0 Å². The molecule has 162 valence electrons. The first kappa shape index (κ1) is 22.2. The van der Waals surface area contributed by atoms with Crippen molar-refractivity contribution in [3.8, 4) is 0 Å². The molecule has 0 aliphatic rings.